The summed E-state index contributed by atoms with van der Waals surface area (Å²) < 4.78 is 5.35. The smallest absolute Gasteiger partial charge is 0.306 e. The Morgan fingerprint density at radius 2 is 1.58 bits per heavy atom. The molecule has 0 unspecified atom stereocenters. The maximum atomic E-state index is 12.0. The van der Waals surface area contributed by atoms with Crippen molar-refractivity contribution in [2.24, 2.45) is 0 Å². The monoisotopic (exact) mass is 436 g/mol. The highest BCUT2D eigenvalue weighted by Gasteiger charge is 2.16. The van der Waals surface area contributed by atoms with Crippen molar-refractivity contribution in [2.75, 3.05) is 46.2 Å². The lowest BCUT2D eigenvalue weighted by molar-refractivity contribution is -0.890. The van der Waals surface area contributed by atoms with Crippen LogP contribution in [0, 0.1) is 0 Å². The molecule has 2 N–H and O–H groups in total. The molecule has 0 radical (unpaired) electrons. The zero-order valence-electron chi connectivity index (χ0n) is 19.1. The van der Waals surface area contributed by atoms with Crippen LogP contribution in [0.1, 0.15) is 51.4 Å². The zero-order valence-corrected chi connectivity index (χ0v) is 19.1. The molecule has 0 bridgehead atoms. The Morgan fingerprint density at radius 3 is 2.23 bits per heavy atom. The lowest BCUT2D eigenvalue weighted by Crippen LogP contribution is -2.41. The third-order valence-corrected chi connectivity index (χ3v) is 5.17. The predicted molar refractivity (Wildman–Crippen MR) is 119 cm³/mol. The fourth-order valence-corrected chi connectivity index (χ4v) is 3.23. The van der Waals surface area contributed by atoms with Gasteiger partial charge >= 0.3 is 5.97 Å². The second kappa shape index (κ2) is 14.5. The molecule has 0 aliphatic carbocycles. The number of ether oxygens (including phenoxy) is 1. The number of methoxy groups -OCH3 is 1. The van der Waals surface area contributed by atoms with E-state index < -0.39 is 11.9 Å². The molecule has 0 saturated carbocycles. The van der Waals surface area contributed by atoms with Gasteiger partial charge in [-0.05, 0) is 44.2 Å². The van der Waals surface area contributed by atoms with E-state index in [1.165, 1.54) is 7.11 Å². The van der Waals surface area contributed by atoms with E-state index >= 15 is 0 Å². The summed E-state index contributed by atoms with van der Waals surface area (Å²) >= 11 is 0. The lowest BCUT2D eigenvalue weighted by atomic mass is 10.1. The van der Waals surface area contributed by atoms with Gasteiger partial charge in [0.15, 0.2) is 0 Å². The summed E-state index contributed by atoms with van der Waals surface area (Å²) in [5.74, 6) is -0.872. The Morgan fingerprint density at radius 1 is 0.935 bits per heavy atom. The average Bonchev–Trinajstić information content (AvgIpc) is 2.74. The van der Waals surface area contributed by atoms with E-state index in [-0.39, 0.29) is 25.3 Å². The first-order valence-corrected chi connectivity index (χ1v) is 11.0. The number of unbranched alkanes of at least 4 members (excludes halogenated alkanes) is 3. The van der Waals surface area contributed by atoms with Crippen molar-refractivity contribution >= 4 is 23.5 Å². The Hall–Kier alpha value is -2.45. The van der Waals surface area contributed by atoms with Gasteiger partial charge in [0.1, 0.15) is 0 Å². The summed E-state index contributed by atoms with van der Waals surface area (Å²) in [7, 11) is 5.60. The van der Waals surface area contributed by atoms with Crippen molar-refractivity contribution in [1.82, 2.24) is 5.06 Å². The summed E-state index contributed by atoms with van der Waals surface area (Å²) in [6.45, 7) is 2.22. The number of esters is 1. The van der Waals surface area contributed by atoms with Crippen LogP contribution in [0.3, 0.4) is 0 Å². The summed E-state index contributed by atoms with van der Waals surface area (Å²) in [6.07, 6.45) is 4.95. The van der Waals surface area contributed by atoms with Gasteiger partial charge in [0, 0.05) is 25.1 Å². The van der Waals surface area contributed by atoms with Crippen LogP contribution in [0.5, 0.6) is 0 Å². The number of nitrogens with one attached hydrogen (secondary N) is 1. The quantitative estimate of drug-likeness (QED) is 0.145. The van der Waals surface area contributed by atoms with E-state index in [0.29, 0.717) is 17.9 Å². The molecule has 8 heteroatoms. The first-order valence-electron chi connectivity index (χ1n) is 11.0. The topological polar surface area (TPSA) is 95.9 Å². The Kier molecular flexibility index (Phi) is 12.5. The molecule has 0 spiro atoms. The SMILES string of the molecule is COC(=O)CCC(=O)N(O)CCCC[N+](C)(C)CCCCCC(=O)Nc1ccccc1. The number of anilines is 1. The molecule has 31 heavy (non-hydrogen) atoms. The molecule has 0 aliphatic rings. The minimum absolute atomic E-state index is 0.0236. The Bertz CT molecular complexity index is 679. The third kappa shape index (κ3) is 12.8. The van der Waals surface area contributed by atoms with Crippen LogP contribution < -0.4 is 5.32 Å². The van der Waals surface area contributed by atoms with Crippen molar-refractivity contribution in [3.05, 3.63) is 30.3 Å². The predicted octanol–water partition coefficient (Wildman–Crippen LogP) is 3.21. The molecule has 2 amide bonds. The van der Waals surface area contributed by atoms with Crippen molar-refractivity contribution in [1.29, 1.82) is 0 Å². The highest BCUT2D eigenvalue weighted by molar-refractivity contribution is 5.90. The number of hydroxylamine groups is 2. The van der Waals surface area contributed by atoms with Gasteiger partial charge in [-0.2, -0.15) is 0 Å². The summed E-state index contributed by atoms with van der Waals surface area (Å²) in [4.78, 5) is 34.7. The molecule has 0 heterocycles. The average molecular weight is 437 g/mol. The first-order chi connectivity index (χ1) is 14.7. The number of rotatable bonds is 15. The Balaban J connectivity index is 2.09. The van der Waals surface area contributed by atoms with Crippen molar-refractivity contribution in [3.8, 4) is 0 Å². The number of carbonyl (C=O) groups excluding carboxylic acids is 3. The highest BCUT2D eigenvalue weighted by atomic mass is 16.5. The van der Waals surface area contributed by atoms with Crippen LogP contribution in [0.25, 0.3) is 0 Å². The number of hydrogen-bond acceptors (Lipinski definition) is 5. The number of nitrogens with zero attached hydrogens (tertiary/aromatic N) is 2. The zero-order chi connectivity index (χ0) is 23.1. The highest BCUT2D eigenvalue weighted by Crippen LogP contribution is 2.10. The standard InChI is InChI=1S/C23H37N3O5/c1-26(2,19-11-9-17-25(30)22(28)15-16-23(29)31-3)18-10-5-8-14-21(27)24-20-12-6-4-7-13-20/h4,6-7,12-13,30H,5,8-11,14-19H2,1-3H3/p+1. The Labute approximate surface area is 185 Å². The summed E-state index contributed by atoms with van der Waals surface area (Å²) in [5, 5.41) is 13.4. The number of amides is 2. The van der Waals surface area contributed by atoms with E-state index in [4.69, 9.17) is 0 Å². The second-order valence-electron chi connectivity index (χ2n) is 8.41. The van der Waals surface area contributed by atoms with E-state index in [0.717, 1.165) is 48.9 Å². The minimum atomic E-state index is -0.463. The lowest BCUT2D eigenvalue weighted by Gasteiger charge is -2.30. The van der Waals surface area contributed by atoms with Gasteiger partial charge in [0.2, 0.25) is 11.8 Å². The van der Waals surface area contributed by atoms with Gasteiger partial charge in [-0.3, -0.25) is 19.6 Å². The summed E-state index contributed by atoms with van der Waals surface area (Å²) in [6, 6.07) is 9.48. The van der Waals surface area contributed by atoms with Crippen LogP contribution in [-0.2, 0) is 19.1 Å². The molecule has 0 atom stereocenters. The molecule has 0 aromatic heterocycles. The third-order valence-electron chi connectivity index (χ3n) is 5.17. The molecule has 1 aromatic rings. The number of benzene rings is 1. The molecule has 0 aliphatic heterocycles. The van der Waals surface area contributed by atoms with Crippen LogP contribution in [-0.4, -0.2) is 73.4 Å². The largest absolute Gasteiger partial charge is 0.469 e. The van der Waals surface area contributed by atoms with Gasteiger partial charge in [0.05, 0.1) is 40.7 Å². The van der Waals surface area contributed by atoms with Gasteiger partial charge in [-0.15, -0.1) is 0 Å². The van der Waals surface area contributed by atoms with Crippen LogP contribution in [0.15, 0.2) is 30.3 Å². The fraction of sp³-hybridized carbons (Fsp3) is 0.609. The summed E-state index contributed by atoms with van der Waals surface area (Å²) in [5.41, 5.74) is 0.830. The van der Waals surface area contributed by atoms with Crippen LogP contribution >= 0.6 is 0 Å². The molecule has 0 saturated heterocycles. The molecule has 0 fully saturated rings. The molecule has 174 valence electrons. The molecule has 1 rings (SSSR count). The second-order valence-corrected chi connectivity index (χ2v) is 8.41. The molecular formula is C23H38N3O5+. The van der Waals surface area contributed by atoms with E-state index in [9.17, 15) is 19.6 Å². The van der Waals surface area contributed by atoms with E-state index in [1.807, 2.05) is 30.3 Å². The number of hydrogen-bond donors (Lipinski definition) is 2. The minimum Gasteiger partial charge on any atom is -0.469 e. The molecule has 1 aromatic carbocycles. The molecule has 8 nitrogen and oxygen atoms in total. The van der Waals surface area contributed by atoms with Gasteiger partial charge < -0.3 is 14.5 Å². The van der Waals surface area contributed by atoms with Crippen LogP contribution in [0.2, 0.25) is 0 Å². The maximum absolute atomic E-state index is 12.0. The maximum Gasteiger partial charge on any atom is 0.306 e. The van der Waals surface area contributed by atoms with Gasteiger partial charge in [0.25, 0.3) is 0 Å². The molecular weight excluding hydrogens is 398 g/mol. The fourth-order valence-electron chi connectivity index (χ4n) is 3.23. The van der Waals surface area contributed by atoms with E-state index in [2.05, 4.69) is 24.1 Å². The van der Waals surface area contributed by atoms with Crippen molar-refractivity contribution in [2.45, 2.75) is 51.4 Å². The number of para-hydroxylation sites is 1. The first kappa shape index (κ1) is 26.6. The van der Waals surface area contributed by atoms with Crippen molar-refractivity contribution in [3.63, 3.8) is 0 Å². The van der Waals surface area contributed by atoms with Gasteiger partial charge in [-0.1, -0.05) is 18.2 Å². The van der Waals surface area contributed by atoms with Gasteiger partial charge in [-0.25, -0.2) is 5.06 Å². The van der Waals surface area contributed by atoms with E-state index in [1.54, 1.807) is 0 Å². The van der Waals surface area contributed by atoms with Crippen LogP contribution in [0.4, 0.5) is 5.69 Å². The normalized spacial score (nSPS) is 11.1. The number of carbonyl (C=O) groups is 3. The number of quaternary nitrogens is 1. The van der Waals surface area contributed by atoms with Crippen molar-refractivity contribution < 1.29 is 28.8 Å².